The molecule has 1 unspecified atom stereocenters. The van der Waals surface area contributed by atoms with Gasteiger partial charge in [-0.05, 0) is 24.6 Å². The van der Waals surface area contributed by atoms with Crippen LogP contribution in [0.25, 0.3) is 0 Å². The fourth-order valence-electron chi connectivity index (χ4n) is 2.25. The Labute approximate surface area is 123 Å². The summed E-state index contributed by atoms with van der Waals surface area (Å²) >= 11 is 3.28. The van der Waals surface area contributed by atoms with Crippen LogP contribution < -0.4 is 10.2 Å². The number of hydrogen-bond acceptors (Lipinski definition) is 4. The zero-order chi connectivity index (χ0) is 14.9. The molecule has 0 saturated carbocycles. The van der Waals surface area contributed by atoms with Crippen molar-refractivity contribution in [2.45, 2.75) is 19.4 Å². The van der Waals surface area contributed by atoms with Gasteiger partial charge in [0.25, 0.3) is 0 Å². The second kappa shape index (κ2) is 5.62. The number of carbonyl (C=O) groups excluding carboxylic acids is 2. The fraction of sp³-hybridized carbons (Fsp3) is 0.308. The highest BCUT2D eigenvalue weighted by Gasteiger charge is 2.34. The number of halogens is 1. The number of carbonyl (C=O) groups is 3. The normalized spacial score (nSPS) is 18.9. The summed E-state index contributed by atoms with van der Waals surface area (Å²) in [6.45, 7) is 1.77. The minimum atomic E-state index is -1.10. The molecule has 1 saturated heterocycles. The SMILES string of the molecule is CCC1C(=O)NC(=O)CN1c1cc(Br)ccc1C(=O)O. The standard InChI is InChI=1S/C13H13BrN2O4/c1-2-9-12(18)15-11(17)6-16(9)10-5-7(14)3-4-8(10)13(19)20/h3-5,9H,2,6H2,1H3,(H,19,20)(H,15,17,18). The van der Waals surface area contributed by atoms with E-state index in [9.17, 15) is 19.5 Å². The van der Waals surface area contributed by atoms with Crippen LogP contribution in [0.4, 0.5) is 5.69 Å². The van der Waals surface area contributed by atoms with Gasteiger partial charge in [-0.1, -0.05) is 22.9 Å². The molecule has 0 bridgehead atoms. The molecule has 0 radical (unpaired) electrons. The van der Waals surface area contributed by atoms with Gasteiger partial charge in [-0.2, -0.15) is 0 Å². The van der Waals surface area contributed by atoms with Crippen molar-refractivity contribution in [1.82, 2.24) is 5.32 Å². The first-order chi connectivity index (χ1) is 9.43. The van der Waals surface area contributed by atoms with Crippen LogP contribution in [0.15, 0.2) is 22.7 Å². The van der Waals surface area contributed by atoms with Crippen molar-refractivity contribution < 1.29 is 19.5 Å². The second-order valence-electron chi connectivity index (χ2n) is 4.43. The minimum Gasteiger partial charge on any atom is -0.478 e. The lowest BCUT2D eigenvalue weighted by Gasteiger charge is -2.36. The summed E-state index contributed by atoms with van der Waals surface area (Å²) in [5.41, 5.74) is 0.427. The highest BCUT2D eigenvalue weighted by atomic mass is 79.9. The zero-order valence-electron chi connectivity index (χ0n) is 10.7. The summed E-state index contributed by atoms with van der Waals surface area (Å²) < 4.78 is 0.686. The van der Waals surface area contributed by atoms with E-state index in [1.54, 1.807) is 12.1 Å². The predicted octanol–water partition coefficient (Wildman–Crippen LogP) is 1.39. The predicted molar refractivity (Wildman–Crippen MR) is 75.7 cm³/mol. The third kappa shape index (κ3) is 2.67. The van der Waals surface area contributed by atoms with Crippen molar-refractivity contribution in [3.8, 4) is 0 Å². The molecule has 1 fully saturated rings. The molecule has 1 aromatic rings. The highest BCUT2D eigenvalue weighted by molar-refractivity contribution is 9.10. The Bertz CT molecular complexity index is 588. The molecular weight excluding hydrogens is 328 g/mol. The summed E-state index contributed by atoms with van der Waals surface area (Å²) in [5.74, 6) is -1.93. The smallest absolute Gasteiger partial charge is 0.337 e. The largest absolute Gasteiger partial charge is 0.478 e. The van der Waals surface area contributed by atoms with Crippen LogP contribution in [0, 0.1) is 0 Å². The lowest BCUT2D eigenvalue weighted by atomic mass is 10.1. The molecule has 1 atom stereocenters. The van der Waals surface area contributed by atoms with Gasteiger partial charge in [0, 0.05) is 4.47 Å². The molecule has 20 heavy (non-hydrogen) atoms. The maximum Gasteiger partial charge on any atom is 0.337 e. The number of hydrogen-bond donors (Lipinski definition) is 2. The molecule has 0 aliphatic carbocycles. The summed E-state index contributed by atoms with van der Waals surface area (Å²) in [4.78, 5) is 36.2. The van der Waals surface area contributed by atoms with Crippen LogP contribution in [0.5, 0.6) is 0 Å². The quantitative estimate of drug-likeness (QED) is 0.812. The van der Waals surface area contributed by atoms with Crippen molar-refractivity contribution in [3.05, 3.63) is 28.2 Å². The molecule has 2 amide bonds. The molecular formula is C13H13BrN2O4. The Kier molecular flexibility index (Phi) is 4.08. The summed E-state index contributed by atoms with van der Waals surface area (Å²) in [6.07, 6.45) is 0.477. The number of nitrogens with zero attached hydrogens (tertiary/aromatic N) is 1. The summed E-state index contributed by atoms with van der Waals surface area (Å²) in [5, 5.41) is 11.5. The number of carboxylic acids is 1. The van der Waals surface area contributed by atoms with Crippen molar-refractivity contribution in [3.63, 3.8) is 0 Å². The number of rotatable bonds is 3. The van der Waals surface area contributed by atoms with Crippen molar-refractivity contribution in [2.75, 3.05) is 11.4 Å². The van der Waals surface area contributed by atoms with E-state index >= 15 is 0 Å². The van der Waals surface area contributed by atoms with Gasteiger partial charge in [-0.3, -0.25) is 14.9 Å². The number of nitrogens with one attached hydrogen (secondary N) is 1. The van der Waals surface area contributed by atoms with Gasteiger partial charge in [0.05, 0.1) is 17.8 Å². The Morgan fingerprint density at radius 3 is 2.80 bits per heavy atom. The molecule has 1 aliphatic heterocycles. The lowest BCUT2D eigenvalue weighted by Crippen LogP contribution is -2.58. The number of carboxylic acid groups (broad SMARTS) is 1. The first-order valence-electron chi connectivity index (χ1n) is 6.07. The van der Waals surface area contributed by atoms with Gasteiger partial charge in [0.15, 0.2) is 0 Å². The van der Waals surface area contributed by atoms with E-state index < -0.39 is 23.8 Å². The topological polar surface area (TPSA) is 86.7 Å². The van der Waals surface area contributed by atoms with Gasteiger partial charge in [-0.25, -0.2) is 4.79 Å². The first-order valence-corrected chi connectivity index (χ1v) is 6.86. The number of benzene rings is 1. The molecule has 1 aromatic carbocycles. The van der Waals surface area contributed by atoms with Gasteiger partial charge < -0.3 is 10.0 Å². The Hall–Kier alpha value is -1.89. The summed E-state index contributed by atoms with van der Waals surface area (Å²) in [7, 11) is 0. The van der Waals surface area contributed by atoms with Crippen LogP contribution in [0.3, 0.4) is 0 Å². The van der Waals surface area contributed by atoms with E-state index in [0.717, 1.165) is 0 Å². The Morgan fingerprint density at radius 2 is 2.20 bits per heavy atom. The first kappa shape index (κ1) is 14.5. The van der Waals surface area contributed by atoms with Crippen LogP contribution in [-0.2, 0) is 9.59 Å². The average Bonchev–Trinajstić information content (AvgIpc) is 2.37. The van der Waals surface area contributed by atoms with Crippen molar-refractivity contribution in [2.24, 2.45) is 0 Å². The molecule has 106 valence electrons. The molecule has 0 spiro atoms. The van der Waals surface area contributed by atoms with Crippen LogP contribution in [0.1, 0.15) is 23.7 Å². The molecule has 0 aromatic heterocycles. The zero-order valence-corrected chi connectivity index (χ0v) is 12.3. The van der Waals surface area contributed by atoms with E-state index in [4.69, 9.17) is 0 Å². The van der Waals surface area contributed by atoms with Gasteiger partial charge in [0.2, 0.25) is 11.8 Å². The highest BCUT2D eigenvalue weighted by Crippen LogP contribution is 2.28. The van der Waals surface area contributed by atoms with E-state index in [1.165, 1.54) is 11.0 Å². The molecule has 2 N–H and O–H groups in total. The maximum absolute atomic E-state index is 11.9. The number of piperazine rings is 1. The third-order valence-corrected chi connectivity index (χ3v) is 3.64. The number of amides is 2. The molecule has 1 aliphatic rings. The average molecular weight is 341 g/mol. The molecule has 1 heterocycles. The molecule has 2 rings (SSSR count). The second-order valence-corrected chi connectivity index (χ2v) is 5.35. The number of anilines is 1. The van der Waals surface area contributed by atoms with E-state index in [0.29, 0.717) is 16.6 Å². The van der Waals surface area contributed by atoms with Crippen molar-refractivity contribution in [1.29, 1.82) is 0 Å². The van der Waals surface area contributed by atoms with E-state index in [2.05, 4.69) is 21.2 Å². The Morgan fingerprint density at radius 1 is 1.50 bits per heavy atom. The van der Waals surface area contributed by atoms with E-state index in [-0.39, 0.29) is 12.1 Å². The number of imide groups is 1. The lowest BCUT2D eigenvalue weighted by molar-refractivity contribution is -0.132. The van der Waals surface area contributed by atoms with Crippen molar-refractivity contribution >= 4 is 39.4 Å². The van der Waals surface area contributed by atoms with Crippen LogP contribution in [0.2, 0.25) is 0 Å². The minimum absolute atomic E-state index is 0.0407. The van der Waals surface area contributed by atoms with Gasteiger partial charge in [-0.15, -0.1) is 0 Å². The van der Waals surface area contributed by atoms with Gasteiger partial charge in [0.1, 0.15) is 6.04 Å². The van der Waals surface area contributed by atoms with Gasteiger partial charge >= 0.3 is 5.97 Å². The maximum atomic E-state index is 11.9. The Balaban J connectivity index is 2.52. The fourth-order valence-corrected chi connectivity index (χ4v) is 2.60. The monoisotopic (exact) mass is 340 g/mol. The molecule has 6 nitrogen and oxygen atoms in total. The van der Waals surface area contributed by atoms with Crippen LogP contribution >= 0.6 is 15.9 Å². The number of aromatic carboxylic acids is 1. The van der Waals surface area contributed by atoms with E-state index in [1.807, 2.05) is 6.92 Å². The summed E-state index contributed by atoms with van der Waals surface area (Å²) in [6, 6.07) is 4.11. The van der Waals surface area contributed by atoms with Crippen LogP contribution in [-0.4, -0.2) is 35.5 Å². The molecule has 7 heteroatoms. The third-order valence-electron chi connectivity index (χ3n) is 3.14.